The summed E-state index contributed by atoms with van der Waals surface area (Å²) >= 11 is 0. The van der Waals surface area contributed by atoms with E-state index in [1.165, 1.54) is 0 Å². The first kappa shape index (κ1) is 16.8. The van der Waals surface area contributed by atoms with Crippen LogP contribution in [0.3, 0.4) is 0 Å². The molecule has 1 heterocycles. The Balaban J connectivity index is 1.55. The third-order valence-corrected chi connectivity index (χ3v) is 8.35. The van der Waals surface area contributed by atoms with Crippen molar-refractivity contribution in [3.05, 3.63) is 23.8 Å². The van der Waals surface area contributed by atoms with Gasteiger partial charge < -0.3 is 14.9 Å². The molecular formula is C21H26O5. The summed E-state index contributed by atoms with van der Waals surface area (Å²) in [5.41, 5.74) is 0.514. The molecule has 0 aromatic rings. The number of hydrogen-bond acceptors (Lipinski definition) is 5. The molecule has 0 radical (unpaired) electrons. The topological polar surface area (TPSA) is 83.8 Å². The average Bonchev–Trinajstić information content (AvgIpc) is 3.01. The van der Waals surface area contributed by atoms with Crippen LogP contribution in [-0.4, -0.2) is 40.3 Å². The quantitative estimate of drug-likeness (QED) is 0.690. The predicted octanol–water partition coefficient (Wildman–Crippen LogP) is 1.78. The van der Waals surface area contributed by atoms with Crippen molar-refractivity contribution in [1.82, 2.24) is 0 Å². The molecule has 9 atom stereocenters. The van der Waals surface area contributed by atoms with Gasteiger partial charge in [0.05, 0.1) is 18.1 Å². The lowest BCUT2D eigenvalue weighted by Gasteiger charge is -2.58. The van der Waals surface area contributed by atoms with E-state index in [1.54, 1.807) is 12.2 Å². The van der Waals surface area contributed by atoms with Gasteiger partial charge in [-0.05, 0) is 55.1 Å². The predicted molar refractivity (Wildman–Crippen MR) is 92.8 cm³/mol. The standard InChI is InChI=1S/C21H26O5/c1-20-6-5-11(22)7-10(20)3-4-12-13-8-15-17(18(24)19(25)26-15)21(13,2)9-14(23)16(12)20/h5-7,12-17,19,23,25H,3-4,8-9H2,1-2H3/t12-,13-,14?,15+,16+,17-,19?,20-,21-/m0/s1. The van der Waals surface area contributed by atoms with Crippen LogP contribution in [0.25, 0.3) is 0 Å². The maximum Gasteiger partial charge on any atom is 0.216 e. The smallest absolute Gasteiger partial charge is 0.216 e. The molecule has 0 spiro atoms. The minimum absolute atomic E-state index is 0.0365. The Bertz CT molecular complexity index is 754. The number of fused-ring (bicyclic) bond motifs is 7. The normalized spacial score (nSPS) is 55.1. The Morgan fingerprint density at radius 2 is 2.00 bits per heavy atom. The average molecular weight is 358 g/mol. The molecule has 2 unspecified atom stereocenters. The molecule has 0 bridgehead atoms. The Labute approximate surface area is 153 Å². The van der Waals surface area contributed by atoms with E-state index in [0.29, 0.717) is 18.3 Å². The summed E-state index contributed by atoms with van der Waals surface area (Å²) in [6, 6.07) is 0. The largest absolute Gasteiger partial charge is 0.393 e. The fourth-order valence-electron chi connectivity index (χ4n) is 7.35. The number of hydrogen-bond donors (Lipinski definition) is 2. The van der Waals surface area contributed by atoms with Crippen molar-refractivity contribution in [2.24, 2.45) is 34.5 Å². The third-order valence-electron chi connectivity index (χ3n) is 8.35. The van der Waals surface area contributed by atoms with Gasteiger partial charge in [-0.15, -0.1) is 0 Å². The number of ketones is 2. The summed E-state index contributed by atoms with van der Waals surface area (Å²) in [6.45, 7) is 4.25. The van der Waals surface area contributed by atoms with Gasteiger partial charge in [0.1, 0.15) is 0 Å². The molecule has 5 aliphatic rings. The fraction of sp³-hybridized carbons (Fsp3) is 0.714. The van der Waals surface area contributed by atoms with E-state index >= 15 is 0 Å². The molecule has 4 fully saturated rings. The first-order valence-electron chi connectivity index (χ1n) is 9.75. The summed E-state index contributed by atoms with van der Waals surface area (Å²) < 4.78 is 5.57. The van der Waals surface area contributed by atoms with Gasteiger partial charge in [0, 0.05) is 11.3 Å². The van der Waals surface area contributed by atoms with Crippen LogP contribution in [-0.2, 0) is 14.3 Å². The minimum Gasteiger partial charge on any atom is -0.393 e. The van der Waals surface area contributed by atoms with Crippen LogP contribution >= 0.6 is 0 Å². The summed E-state index contributed by atoms with van der Waals surface area (Å²) in [6.07, 6.45) is 6.44. The highest BCUT2D eigenvalue weighted by Gasteiger charge is 2.67. The maximum absolute atomic E-state index is 12.5. The van der Waals surface area contributed by atoms with Crippen LogP contribution in [0.5, 0.6) is 0 Å². The molecule has 4 aliphatic carbocycles. The second-order valence-electron chi connectivity index (χ2n) is 9.44. The molecule has 0 amide bonds. The first-order valence-corrected chi connectivity index (χ1v) is 9.75. The van der Waals surface area contributed by atoms with Crippen LogP contribution < -0.4 is 0 Å². The number of allylic oxidation sites excluding steroid dienone is 4. The minimum atomic E-state index is -1.30. The van der Waals surface area contributed by atoms with Crippen molar-refractivity contribution >= 4 is 11.6 Å². The van der Waals surface area contributed by atoms with Gasteiger partial charge in [-0.2, -0.15) is 0 Å². The number of carbonyl (C=O) groups is 2. The van der Waals surface area contributed by atoms with Crippen molar-refractivity contribution in [1.29, 1.82) is 0 Å². The van der Waals surface area contributed by atoms with Crippen LogP contribution in [0.2, 0.25) is 0 Å². The molecule has 5 nitrogen and oxygen atoms in total. The van der Waals surface area contributed by atoms with E-state index in [4.69, 9.17) is 4.74 Å². The molecule has 140 valence electrons. The van der Waals surface area contributed by atoms with E-state index < -0.39 is 12.4 Å². The van der Waals surface area contributed by atoms with Crippen molar-refractivity contribution in [2.45, 2.75) is 58.0 Å². The van der Waals surface area contributed by atoms with Crippen LogP contribution in [0.1, 0.15) is 39.5 Å². The third kappa shape index (κ3) is 1.92. The number of aliphatic hydroxyl groups excluding tert-OH is 2. The highest BCUT2D eigenvalue weighted by atomic mass is 16.6. The Hall–Kier alpha value is -1.30. The van der Waals surface area contributed by atoms with Crippen LogP contribution in [0.4, 0.5) is 0 Å². The molecule has 5 heteroatoms. The molecule has 26 heavy (non-hydrogen) atoms. The SMILES string of the molecule is C[C@]12CC(O)[C@H]3[C@@H](CCC4=CC(=O)C=C[C@@]43C)[C@@H]1C[C@H]1OC(O)C(=O)[C@H]12. The zero-order chi connectivity index (χ0) is 18.4. The molecule has 5 rings (SSSR count). The molecule has 0 aromatic carbocycles. The summed E-state index contributed by atoms with van der Waals surface area (Å²) in [5.74, 6) is 0.163. The molecule has 1 aliphatic heterocycles. The van der Waals surface area contributed by atoms with Gasteiger partial charge in [0.15, 0.2) is 11.6 Å². The van der Waals surface area contributed by atoms with E-state index in [-0.39, 0.29) is 40.3 Å². The molecule has 1 saturated heterocycles. The molecule has 2 N–H and O–H groups in total. The first-order chi connectivity index (χ1) is 12.3. The maximum atomic E-state index is 12.5. The zero-order valence-electron chi connectivity index (χ0n) is 15.2. The Morgan fingerprint density at radius 1 is 1.23 bits per heavy atom. The van der Waals surface area contributed by atoms with Gasteiger partial charge in [-0.1, -0.05) is 25.5 Å². The highest BCUT2D eigenvalue weighted by molar-refractivity contribution is 6.01. The lowest BCUT2D eigenvalue weighted by molar-refractivity contribution is -0.153. The van der Waals surface area contributed by atoms with E-state index in [9.17, 15) is 19.8 Å². The number of carbonyl (C=O) groups excluding carboxylic acids is 2. The fourth-order valence-corrected chi connectivity index (χ4v) is 7.35. The summed E-state index contributed by atoms with van der Waals surface area (Å²) in [7, 11) is 0. The summed E-state index contributed by atoms with van der Waals surface area (Å²) in [5, 5.41) is 21.0. The zero-order valence-corrected chi connectivity index (χ0v) is 15.2. The molecule has 0 aromatic heterocycles. The van der Waals surface area contributed by atoms with Crippen LogP contribution in [0.15, 0.2) is 23.8 Å². The number of aliphatic hydroxyl groups is 2. The van der Waals surface area contributed by atoms with Crippen molar-refractivity contribution in [3.8, 4) is 0 Å². The number of ether oxygens (including phenoxy) is 1. The van der Waals surface area contributed by atoms with Gasteiger partial charge in [-0.25, -0.2) is 0 Å². The van der Waals surface area contributed by atoms with Crippen LogP contribution in [0, 0.1) is 34.5 Å². The van der Waals surface area contributed by atoms with E-state index in [2.05, 4.69) is 13.8 Å². The van der Waals surface area contributed by atoms with Gasteiger partial charge in [0.25, 0.3) is 0 Å². The lowest BCUT2D eigenvalue weighted by atomic mass is 9.46. The molecule has 3 saturated carbocycles. The Morgan fingerprint density at radius 3 is 2.77 bits per heavy atom. The number of rotatable bonds is 0. The second kappa shape index (κ2) is 5.15. The van der Waals surface area contributed by atoms with E-state index in [1.807, 2.05) is 6.08 Å². The van der Waals surface area contributed by atoms with Gasteiger partial charge in [-0.3, -0.25) is 9.59 Å². The second-order valence-corrected chi connectivity index (χ2v) is 9.44. The Kier molecular flexibility index (Phi) is 3.34. The summed E-state index contributed by atoms with van der Waals surface area (Å²) in [4.78, 5) is 24.4. The monoisotopic (exact) mass is 358 g/mol. The van der Waals surface area contributed by atoms with Crippen molar-refractivity contribution < 1.29 is 24.5 Å². The number of Topliss-reactive ketones (excluding diaryl/α,β-unsaturated/α-hetero) is 1. The molecular weight excluding hydrogens is 332 g/mol. The van der Waals surface area contributed by atoms with Crippen molar-refractivity contribution in [3.63, 3.8) is 0 Å². The van der Waals surface area contributed by atoms with Crippen molar-refractivity contribution in [2.75, 3.05) is 0 Å². The van der Waals surface area contributed by atoms with E-state index in [0.717, 1.165) is 24.8 Å². The highest BCUT2D eigenvalue weighted by Crippen LogP contribution is 2.67. The van der Waals surface area contributed by atoms with Gasteiger partial charge in [0.2, 0.25) is 6.29 Å². The van der Waals surface area contributed by atoms with Gasteiger partial charge >= 0.3 is 0 Å². The lowest BCUT2D eigenvalue weighted by Crippen LogP contribution is -2.56.